The van der Waals surface area contributed by atoms with Crippen LogP contribution in [0.1, 0.15) is 58.3 Å². The van der Waals surface area contributed by atoms with Crippen molar-refractivity contribution in [2.45, 2.75) is 75.9 Å². The van der Waals surface area contributed by atoms with Crippen LogP contribution in [0, 0.1) is 5.92 Å². The minimum Gasteiger partial charge on any atom is -0.465 e. The van der Waals surface area contributed by atoms with Crippen molar-refractivity contribution in [3.8, 4) is 0 Å². The molecule has 0 radical (unpaired) electrons. The van der Waals surface area contributed by atoms with Crippen LogP contribution in [-0.4, -0.2) is 75.6 Å². The van der Waals surface area contributed by atoms with E-state index in [1.54, 1.807) is 4.90 Å². The second-order valence-corrected chi connectivity index (χ2v) is 8.79. The number of rotatable bonds is 2. The largest absolute Gasteiger partial charge is 0.465 e. The van der Waals surface area contributed by atoms with Crippen molar-refractivity contribution in [2.75, 3.05) is 26.2 Å². The average molecular weight is 349 g/mol. The SMILES string of the molecule is CC1(N2CCC(N3C(=O)C[C@@H]4CCCC[C@H]43)CC2)CCN(C(=O)O)C1. The third-order valence-corrected chi connectivity index (χ3v) is 7.29. The Bertz CT molecular complexity index is 546. The van der Waals surface area contributed by atoms with Crippen LogP contribution in [0.2, 0.25) is 0 Å². The molecule has 3 atom stereocenters. The van der Waals surface area contributed by atoms with E-state index in [9.17, 15) is 14.7 Å². The van der Waals surface area contributed by atoms with Gasteiger partial charge in [0.2, 0.25) is 5.91 Å². The fourth-order valence-electron chi connectivity index (χ4n) is 5.83. The molecule has 6 nitrogen and oxygen atoms in total. The van der Waals surface area contributed by atoms with Gasteiger partial charge in [-0.3, -0.25) is 9.69 Å². The lowest BCUT2D eigenvalue weighted by Gasteiger charge is -2.46. The number of likely N-dealkylation sites (tertiary alicyclic amines) is 3. The Morgan fingerprint density at radius 2 is 1.84 bits per heavy atom. The molecule has 0 bridgehead atoms. The third-order valence-electron chi connectivity index (χ3n) is 7.29. The molecule has 1 unspecified atom stereocenters. The predicted octanol–water partition coefficient (Wildman–Crippen LogP) is 2.38. The lowest BCUT2D eigenvalue weighted by atomic mass is 9.84. The molecule has 140 valence electrons. The summed E-state index contributed by atoms with van der Waals surface area (Å²) in [6.07, 6.45) is 7.95. The van der Waals surface area contributed by atoms with E-state index in [2.05, 4.69) is 16.7 Å². The van der Waals surface area contributed by atoms with Gasteiger partial charge in [-0.05, 0) is 44.9 Å². The lowest BCUT2D eigenvalue weighted by molar-refractivity contribution is -0.132. The van der Waals surface area contributed by atoms with Gasteiger partial charge in [0.1, 0.15) is 0 Å². The van der Waals surface area contributed by atoms with Crippen molar-refractivity contribution in [3.05, 3.63) is 0 Å². The van der Waals surface area contributed by atoms with Crippen molar-refractivity contribution < 1.29 is 14.7 Å². The van der Waals surface area contributed by atoms with E-state index >= 15 is 0 Å². The smallest absolute Gasteiger partial charge is 0.407 e. The summed E-state index contributed by atoms with van der Waals surface area (Å²) < 4.78 is 0. The zero-order chi connectivity index (χ0) is 17.6. The van der Waals surface area contributed by atoms with Crippen molar-refractivity contribution in [1.82, 2.24) is 14.7 Å². The van der Waals surface area contributed by atoms with Crippen molar-refractivity contribution in [3.63, 3.8) is 0 Å². The summed E-state index contributed by atoms with van der Waals surface area (Å²) in [5, 5.41) is 9.23. The Balaban J connectivity index is 1.37. The second kappa shape index (κ2) is 6.45. The van der Waals surface area contributed by atoms with Gasteiger partial charge in [0, 0.05) is 50.2 Å². The zero-order valence-corrected chi connectivity index (χ0v) is 15.3. The minimum atomic E-state index is -0.801. The molecule has 6 heteroatoms. The Kier molecular flexibility index (Phi) is 4.42. The molecular formula is C19H31N3O3. The molecule has 4 fully saturated rings. The summed E-state index contributed by atoms with van der Waals surface area (Å²) in [5.74, 6) is 0.996. The maximum Gasteiger partial charge on any atom is 0.407 e. The maximum atomic E-state index is 12.6. The lowest BCUT2D eigenvalue weighted by Crippen LogP contribution is -2.56. The number of carbonyl (C=O) groups is 2. The third kappa shape index (κ3) is 3.03. The fraction of sp³-hybridized carbons (Fsp3) is 0.895. The van der Waals surface area contributed by atoms with E-state index in [1.165, 1.54) is 25.7 Å². The summed E-state index contributed by atoms with van der Waals surface area (Å²) in [5.41, 5.74) is -0.0360. The number of amides is 2. The van der Waals surface area contributed by atoms with Gasteiger partial charge in [0.25, 0.3) is 0 Å². The highest BCUT2D eigenvalue weighted by Gasteiger charge is 2.46. The Labute approximate surface area is 150 Å². The first-order valence-electron chi connectivity index (χ1n) is 10.0. The monoisotopic (exact) mass is 349 g/mol. The van der Waals surface area contributed by atoms with Crippen LogP contribution >= 0.6 is 0 Å². The molecule has 0 aromatic carbocycles. The molecule has 0 aromatic rings. The van der Waals surface area contributed by atoms with Crippen molar-refractivity contribution >= 4 is 12.0 Å². The average Bonchev–Trinajstić information content (AvgIpc) is 3.16. The first-order valence-corrected chi connectivity index (χ1v) is 10.0. The second-order valence-electron chi connectivity index (χ2n) is 8.79. The molecule has 4 rings (SSSR count). The Morgan fingerprint density at radius 1 is 1.12 bits per heavy atom. The summed E-state index contributed by atoms with van der Waals surface area (Å²) in [7, 11) is 0. The molecule has 3 heterocycles. The van der Waals surface area contributed by atoms with Gasteiger partial charge in [-0.1, -0.05) is 12.8 Å². The van der Waals surface area contributed by atoms with Crippen LogP contribution in [0.15, 0.2) is 0 Å². The molecule has 25 heavy (non-hydrogen) atoms. The first kappa shape index (κ1) is 17.1. The summed E-state index contributed by atoms with van der Waals surface area (Å²) in [6.45, 7) is 5.42. The van der Waals surface area contributed by atoms with Gasteiger partial charge in [-0.15, -0.1) is 0 Å². The van der Waals surface area contributed by atoms with Crippen LogP contribution in [0.3, 0.4) is 0 Å². The van der Waals surface area contributed by atoms with E-state index in [0.29, 0.717) is 37.0 Å². The van der Waals surface area contributed by atoms with E-state index < -0.39 is 6.09 Å². The Hall–Kier alpha value is -1.30. The summed E-state index contributed by atoms with van der Waals surface area (Å²) >= 11 is 0. The van der Waals surface area contributed by atoms with E-state index in [1.807, 2.05) is 0 Å². The van der Waals surface area contributed by atoms with Gasteiger partial charge >= 0.3 is 6.09 Å². The van der Waals surface area contributed by atoms with E-state index in [4.69, 9.17) is 0 Å². The number of hydrogen-bond donors (Lipinski definition) is 1. The standard InChI is InChI=1S/C19H31N3O3/c1-19(8-11-20(13-19)18(24)25)21-9-6-15(7-10-21)22-16-5-3-2-4-14(16)12-17(22)23/h14-16H,2-13H2,1H3,(H,24,25)/t14-,16+,19?/m0/s1. The summed E-state index contributed by atoms with van der Waals surface area (Å²) in [6, 6.07) is 0.903. The Morgan fingerprint density at radius 3 is 2.52 bits per heavy atom. The van der Waals surface area contributed by atoms with Crippen molar-refractivity contribution in [1.29, 1.82) is 0 Å². The van der Waals surface area contributed by atoms with Gasteiger partial charge in [0.15, 0.2) is 0 Å². The van der Waals surface area contributed by atoms with Crippen LogP contribution in [-0.2, 0) is 4.79 Å². The normalized spacial score (nSPS) is 37.6. The molecule has 1 N–H and O–H groups in total. The van der Waals surface area contributed by atoms with Gasteiger partial charge in [-0.2, -0.15) is 0 Å². The fourth-order valence-corrected chi connectivity index (χ4v) is 5.83. The molecule has 0 aromatic heterocycles. The molecule has 4 aliphatic rings. The molecule has 1 aliphatic carbocycles. The number of nitrogens with zero attached hydrogens (tertiary/aromatic N) is 3. The number of piperidine rings is 1. The highest BCUT2D eigenvalue weighted by molar-refractivity contribution is 5.79. The van der Waals surface area contributed by atoms with Gasteiger partial charge in [-0.25, -0.2) is 4.79 Å². The minimum absolute atomic E-state index is 0.0360. The summed E-state index contributed by atoms with van der Waals surface area (Å²) in [4.78, 5) is 30.1. The molecule has 2 amide bonds. The van der Waals surface area contributed by atoms with Crippen LogP contribution in [0.25, 0.3) is 0 Å². The molecule has 1 saturated carbocycles. The number of fused-ring (bicyclic) bond motifs is 1. The van der Waals surface area contributed by atoms with Crippen LogP contribution in [0.4, 0.5) is 4.79 Å². The predicted molar refractivity (Wildman–Crippen MR) is 94.4 cm³/mol. The molecule has 3 saturated heterocycles. The first-order chi connectivity index (χ1) is 12.0. The van der Waals surface area contributed by atoms with Crippen LogP contribution < -0.4 is 0 Å². The van der Waals surface area contributed by atoms with Gasteiger partial charge in [0.05, 0.1) is 0 Å². The molecule has 0 spiro atoms. The highest BCUT2D eigenvalue weighted by atomic mass is 16.4. The van der Waals surface area contributed by atoms with E-state index in [0.717, 1.165) is 38.8 Å². The molecule has 3 aliphatic heterocycles. The number of hydrogen-bond acceptors (Lipinski definition) is 3. The quantitative estimate of drug-likeness (QED) is 0.831. The number of carboxylic acid groups (broad SMARTS) is 1. The maximum absolute atomic E-state index is 12.6. The van der Waals surface area contributed by atoms with Crippen LogP contribution in [0.5, 0.6) is 0 Å². The highest BCUT2D eigenvalue weighted by Crippen LogP contribution is 2.40. The van der Waals surface area contributed by atoms with Crippen molar-refractivity contribution in [2.24, 2.45) is 5.92 Å². The number of carbonyl (C=O) groups excluding carboxylic acids is 1. The van der Waals surface area contributed by atoms with Gasteiger partial charge < -0.3 is 14.9 Å². The topological polar surface area (TPSA) is 64.1 Å². The molecular weight excluding hydrogens is 318 g/mol. The zero-order valence-electron chi connectivity index (χ0n) is 15.3. The van der Waals surface area contributed by atoms with E-state index in [-0.39, 0.29) is 5.54 Å².